The molecular formula is C16H12BrN5S. The molecule has 3 rings (SSSR count). The first-order valence-electron chi connectivity index (χ1n) is 6.73. The van der Waals surface area contributed by atoms with Gasteiger partial charge in [-0.15, -0.1) is 0 Å². The highest BCUT2D eigenvalue weighted by Gasteiger charge is 2.06. The summed E-state index contributed by atoms with van der Waals surface area (Å²) in [5, 5.41) is 11.8. The molecule has 2 aromatic carbocycles. The molecule has 23 heavy (non-hydrogen) atoms. The highest BCUT2D eigenvalue weighted by Crippen LogP contribution is 2.25. The van der Waals surface area contributed by atoms with Crippen molar-refractivity contribution in [3.05, 3.63) is 46.9 Å². The summed E-state index contributed by atoms with van der Waals surface area (Å²) < 4.78 is 1.01. The van der Waals surface area contributed by atoms with Crippen LogP contribution in [0.25, 0.3) is 22.4 Å². The minimum absolute atomic E-state index is 0.564. The summed E-state index contributed by atoms with van der Waals surface area (Å²) in [7, 11) is 0. The Balaban J connectivity index is 1.90. The van der Waals surface area contributed by atoms with E-state index >= 15 is 0 Å². The number of rotatable bonds is 2. The summed E-state index contributed by atoms with van der Waals surface area (Å²) in [6.07, 6.45) is 3.74. The van der Waals surface area contributed by atoms with Crippen molar-refractivity contribution in [3.63, 3.8) is 0 Å². The number of H-pyrrole nitrogens is 1. The first-order valence-corrected chi connectivity index (χ1v) is 8.75. The number of hydrogen-bond acceptors (Lipinski definition) is 4. The molecule has 3 aromatic rings. The quantitative estimate of drug-likeness (QED) is 0.296. The van der Waals surface area contributed by atoms with Crippen molar-refractivity contribution in [3.8, 4) is 17.6 Å². The van der Waals surface area contributed by atoms with Crippen LogP contribution in [0, 0.1) is 11.5 Å². The van der Waals surface area contributed by atoms with Gasteiger partial charge in [0.05, 0.1) is 16.7 Å². The zero-order chi connectivity index (χ0) is 16.2. The Kier molecular flexibility index (Phi) is 4.65. The molecule has 0 saturated heterocycles. The average Bonchev–Trinajstić information content (AvgIpc) is 2.98. The third kappa shape index (κ3) is 3.55. The molecule has 0 atom stereocenters. The van der Waals surface area contributed by atoms with E-state index in [-0.39, 0.29) is 0 Å². The summed E-state index contributed by atoms with van der Waals surface area (Å²) in [5.74, 6) is 0.814. The van der Waals surface area contributed by atoms with E-state index < -0.39 is 0 Å². The third-order valence-electron chi connectivity index (χ3n) is 3.17. The third-order valence-corrected chi connectivity index (χ3v) is 4.24. The molecule has 0 radical (unpaired) electrons. The van der Waals surface area contributed by atoms with Crippen molar-refractivity contribution in [1.82, 2.24) is 15.3 Å². The van der Waals surface area contributed by atoms with Gasteiger partial charge in [-0.2, -0.15) is 5.26 Å². The molecule has 0 unspecified atom stereocenters. The van der Waals surface area contributed by atoms with Crippen LogP contribution < -0.4 is 5.32 Å². The number of nitrogens with one attached hydrogen (secondary N) is 2. The van der Waals surface area contributed by atoms with E-state index in [1.54, 1.807) is 0 Å². The average molecular weight is 386 g/mol. The number of amidine groups is 1. The van der Waals surface area contributed by atoms with Crippen LogP contribution in [0.3, 0.4) is 0 Å². The molecule has 0 bridgehead atoms. The molecule has 1 aromatic heterocycles. The molecule has 0 amide bonds. The number of fused-ring (bicyclic) bond motifs is 1. The summed E-state index contributed by atoms with van der Waals surface area (Å²) in [6.45, 7) is 0. The van der Waals surface area contributed by atoms with Gasteiger partial charge in [-0.25, -0.2) is 9.98 Å². The molecule has 0 aliphatic rings. The Labute approximate surface area is 146 Å². The topological polar surface area (TPSA) is 76.9 Å². The van der Waals surface area contributed by atoms with Gasteiger partial charge in [0, 0.05) is 10.0 Å². The lowest BCUT2D eigenvalue weighted by atomic mass is 10.2. The second kappa shape index (κ2) is 6.86. The van der Waals surface area contributed by atoms with Crippen LogP contribution in [0.2, 0.25) is 0 Å². The highest BCUT2D eigenvalue weighted by molar-refractivity contribution is 9.10. The maximum absolute atomic E-state index is 8.66. The number of aromatic amines is 1. The van der Waals surface area contributed by atoms with Crippen LogP contribution in [-0.2, 0) is 0 Å². The minimum Gasteiger partial charge on any atom is -0.338 e. The number of nitrogens with zero attached hydrogens (tertiary/aromatic N) is 3. The fourth-order valence-electron chi connectivity index (χ4n) is 2.10. The predicted octanol–water partition coefficient (Wildman–Crippen LogP) is 4.41. The smallest absolute Gasteiger partial charge is 0.183 e. The van der Waals surface area contributed by atoms with Gasteiger partial charge in [0.2, 0.25) is 0 Å². The van der Waals surface area contributed by atoms with Crippen molar-refractivity contribution in [1.29, 1.82) is 5.26 Å². The second-order valence-corrected chi connectivity index (χ2v) is 6.36. The number of halogens is 1. The van der Waals surface area contributed by atoms with Crippen molar-refractivity contribution in [2.24, 2.45) is 4.99 Å². The zero-order valence-corrected chi connectivity index (χ0v) is 14.6. The Morgan fingerprint density at radius 3 is 2.78 bits per heavy atom. The molecule has 114 valence electrons. The summed E-state index contributed by atoms with van der Waals surface area (Å²) in [4.78, 5) is 12.3. The number of nitriles is 1. The number of imidazole rings is 1. The lowest BCUT2D eigenvalue weighted by Gasteiger charge is -2.01. The highest BCUT2D eigenvalue weighted by atomic mass is 79.9. The van der Waals surface area contributed by atoms with Crippen LogP contribution in [0.5, 0.6) is 0 Å². The molecule has 7 heteroatoms. The van der Waals surface area contributed by atoms with E-state index in [1.807, 2.05) is 54.9 Å². The van der Waals surface area contributed by atoms with E-state index in [4.69, 9.17) is 5.26 Å². The first-order chi connectivity index (χ1) is 11.2. The molecule has 0 aliphatic carbocycles. The van der Waals surface area contributed by atoms with Gasteiger partial charge >= 0.3 is 0 Å². The van der Waals surface area contributed by atoms with Crippen LogP contribution in [0.4, 0.5) is 5.69 Å². The van der Waals surface area contributed by atoms with E-state index in [0.29, 0.717) is 5.17 Å². The predicted molar refractivity (Wildman–Crippen MR) is 98.6 cm³/mol. The van der Waals surface area contributed by atoms with Crippen LogP contribution in [0.1, 0.15) is 0 Å². The summed E-state index contributed by atoms with van der Waals surface area (Å²) >= 11 is 4.84. The van der Waals surface area contributed by atoms with Crippen LogP contribution in [0.15, 0.2) is 51.9 Å². The standard InChI is InChI=1S/C16H12BrN5S/c1-23-16(19-9-18)20-12-5-2-10(3-6-12)15-21-13-7-4-11(17)8-14(13)22-15/h2-8H,1H3,(H,19,20)(H,21,22). The number of aliphatic imine (C=N–C) groups is 1. The van der Waals surface area contributed by atoms with E-state index in [2.05, 4.69) is 36.2 Å². The molecule has 0 spiro atoms. The number of benzene rings is 2. The Morgan fingerprint density at radius 2 is 2.09 bits per heavy atom. The van der Waals surface area contributed by atoms with Crippen molar-refractivity contribution in [2.45, 2.75) is 0 Å². The van der Waals surface area contributed by atoms with Gasteiger partial charge in [0.25, 0.3) is 0 Å². The van der Waals surface area contributed by atoms with Crippen LogP contribution in [-0.4, -0.2) is 21.4 Å². The molecular weight excluding hydrogens is 374 g/mol. The molecule has 1 heterocycles. The van der Waals surface area contributed by atoms with Crippen molar-refractivity contribution < 1.29 is 0 Å². The van der Waals surface area contributed by atoms with Gasteiger partial charge in [-0.3, -0.25) is 5.32 Å². The number of thioether (sulfide) groups is 1. The van der Waals surface area contributed by atoms with Gasteiger partial charge in [-0.1, -0.05) is 27.7 Å². The molecule has 0 saturated carbocycles. The molecule has 0 aliphatic heterocycles. The molecule has 5 nitrogen and oxygen atoms in total. The largest absolute Gasteiger partial charge is 0.338 e. The Morgan fingerprint density at radius 1 is 1.30 bits per heavy atom. The molecule has 2 N–H and O–H groups in total. The maximum atomic E-state index is 8.66. The second-order valence-electron chi connectivity index (χ2n) is 4.65. The maximum Gasteiger partial charge on any atom is 0.183 e. The number of hydrogen-bond donors (Lipinski definition) is 2. The van der Waals surface area contributed by atoms with Crippen molar-refractivity contribution >= 4 is 49.6 Å². The van der Waals surface area contributed by atoms with Gasteiger partial charge < -0.3 is 4.98 Å². The fourth-order valence-corrected chi connectivity index (χ4v) is 2.81. The number of aromatic nitrogens is 2. The Bertz CT molecular complexity index is 908. The molecule has 0 fully saturated rings. The summed E-state index contributed by atoms with van der Waals surface area (Å²) in [6, 6.07) is 13.6. The van der Waals surface area contributed by atoms with Gasteiger partial charge in [0.1, 0.15) is 5.82 Å². The lowest BCUT2D eigenvalue weighted by molar-refractivity contribution is 1.28. The monoisotopic (exact) mass is 385 g/mol. The van der Waals surface area contributed by atoms with E-state index in [9.17, 15) is 0 Å². The van der Waals surface area contributed by atoms with E-state index in [1.165, 1.54) is 11.8 Å². The Hall–Kier alpha value is -2.30. The lowest BCUT2D eigenvalue weighted by Crippen LogP contribution is -2.12. The summed E-state index contributed by atoms with van der Waals surface area (Å²) in [5.41, 5.74) is 3.67. The SMILES string of the molecule is CSC(=Nc1ccc(-c2nc3ccc(Br)cc3[nH]2)cc1)NC#N. The van der Waals surface area contributed by atoms with Crippen molar-refractivity contribution in [2.75, 3.05) is 6.26 Å². The van der Waals surface area contributed by atoms with Gasteiger partial charge in [0.15, 0.2) is 11.4 Å². The van der Waals surface area contributed by atoms with Gasteiger partial charge in [-0.05, 0) is 48.7 Å². The first kappa shape index (κ1) is 15.6. The normalized spacial score (nSPS) is 11.4. The van der Waals surface area contributed by atoms with E-state index in [0.717, 1.165) is 32.6 Å². The fraction of sp³-hybridized carbons (Fsp3) is 0.0625. The minimum atomic E-state index is 0.564. The zero-order valence-electron chi connectivity index (χ0n) is 12.2. The van der Waals surface area contributed by atoms with Crippen LogP contribution >= 0.6 is 27.7 Å².